The van der Waals surface area contributed by atoms with Crippen LogP contribution in [-0.4, -0.2) is 22.2 Å². The van der Waals surface area contributed by atoms with E-state index in [0.29, 0.717) is 0 Å². The molecule has 0 unspecified atom stereocenters. The second-order valence-corrected chi connectivity index (χ2v) is 4.60. The van der Waals surface area contributed by atoms with Crippen LogP contribution in [-0.2, 0) is 4.79 Å². The highest BCUT2D eigenvalue weighted by atomic mass is 16.4. The van der Waals surface area contributed by atoms with Gasteiger partial charge >= 0.3 is 11.9 Å². The molecule has 2 aromatic carbocycles. The third kappa shape index (κ3) is 3.36. The maximum Gasteiger partial charge on any atom is 0.335 e. The van der Waals surface area contributed by atoms with Crippen LogP contribution in [0.1, 0.15) is 22.8 Å². The molecule has 2 N–H and O–H groups in total. The fourth-order valence-corrected chi connectivity index (χ4v) is 1.97. The highest BCUT2D eigenvalue weighted by molar-refractivity contribution is 5.93. The van der Waals surface area contributed by atoms with Crippen molar-refractivity contribution in [3.63, 3.8) is 0 Å². The molecule has 0 saturated carbocycles. The van der Waals surface area contributed by atoms with E-state index in [9.17, 15) is 9.59 Å². The van der Waals surface area contributed by atoms with Crippen molar-refractivity contribution in [1.29, 1.82) is 0 Å². The highest BCUT2D eigenvalue weighted by Crippen LogP contribution is 2.26. The maximum absolute atomic E-state index is 10.9. The Morgan fingerprint density at radius 3 is 2.14 bits per heavy atom. The van der Waals surface area contributed by atoms with E-state index in [2.05, 4.69) is 0 Å². The van der Waals surface area contributed by atoms with E-state index in [4.69, 9.17) is 10.2 Å². The summed E-state index contributed by atoms with van der Waals surface area (Å²) >= 11 is 0. The summed E-state index contributed by atoms with van der Waals surface area (Å²) in [5.41, 5.74) is 2.93. The summed E-state index contributed by atoms with van der Waals surface area (Å²) < 4.78 is 0. The SMILES string of the molecule is C/C(=C\c1ccccc1-c1ccc(C(=O)O)cc1)C(=O)O. The fourth-order valence-electron chi connectivity index (χ4n) is 1.97. The average molecular weight is 282 g/mol. The summed E-state index contributed by atoms with van der Waals surface area (Å²) in [5.74, 6) is -1.94. The minimum atomic E-state index is -0.976. The van der Waals surface area contributed by atoms with Crippen LogP contribution in [0.5, 0.6) is 0 Å². The maximum atomic E-state index is 10.9. The Bertz CT molecular complexity index is 712. The molecular weight excluding hydrogens is 268 g/mol. The van der Waals surface area contributed by atoms with Crippen molar-refractivity contribution in [2.75, 3.05) is 0 Å². The summed E-state index contributed by atoms with van der Waals surface area (Å²) in [5, 5.41) is 17.9. The first-order valence-corrected chi connectivity index (χ1v) is 6.33. The first-order chi connectivity index (χ1) is 9.99. The molecule has 0 radical (unpaired) electrons. The Balaban J connectivity index is 2.47. The van der Waals surface area contributed by atoms with Gasteiger partial charge in [0.25, 0.3) is 0 Å². The third-order valence-electron chi connectivity index (χ3n) is 3.11. The van der Waals surface area contributed by atoms with Crippen LogP contribution in [0.25, 0.3) is 17.2 Å². The lowest BCUT2D eigenvalue weighted by atomic mass is 9.97. The lowest BCUT2D eigenvalue weighted by molar-refractivity contribution is -0.132. The molecule has 0 amide bonds. The monoisotopic (exact) mass is 282 g/mol. The first-order valence-electron chi connectivity index (χ1n) is 6.33. The summed E-state index contributed by atoms with van der Waals surface area (Å²) in [6.07, 6.45) is 1.60. The fraction of sp³-hybridized carbons (Fsp3) is 0.0588. The number of aliphatic carboxylic acids is 1. The van der Waals surface area contributed by atoms with Crippen LogP contribution in [0, 0.1) is 0 Å². The molecule has 0 heterocycles. The Morgan fingerprint density at radius 1 is 0.952 bits per heavy atom. The number of benzene rings is 2. The molecule has 4 nitrogen and oxygen atoms in total. The van der Waals surface area contributed by atoms with E-state index in [0.717, 1.165) is 16.7 Å². The number of aromatic carboxylic acids is 1. The predicted molar refractivity (Wildman–Crippen MR) is 80.1 cm³/mol. The van der Waals surface area contributed by atoms with Gasteiger partial charge in [0.2, 0.25) is 0 Å². The molecule has 0 aliphatic heterocycles. The predicted octanol–water partition coefficient (Wildman–Crippen LogP) is 3.54. The Morgan fingerprint density at radius 2 is 1.57 bits per heavy atom. The summed E-state index contributed by atoms with van der Waals surface area (Å²) in [6, 6.07) is 13.9. The zero-order valence-corrected chi connectivity index (χ0v) is 11.4. The number of carbonyl (C=O) groups is 2. The molecule has 0 aliphatic carbocycles. The van der Waals surface area contributed by atoms with E-state index in [1.54, 1.807) is 18.2 Å². The van der Waals surface area contributed by atoms with Gasteiger partial charge in [-0.25, -0.2) is 9.59 Å². The van der Waals surface area contributed by atoms with Gasteiger partial charge in [-0.15, -0.1) is 0 Å². The van der Waals surface area contributed by atoms with Crippen molar-refractivity contribution in [1.82, 2.24) is 0 Å². The lowest BCUT2D eigenvalue weighted by Gasteiger charge is -2.07. The second kappa shape index (κ2) is 6.05. The number of carboxylic acids is 2. The highest BCUT2D eigenvalue weighted by Gasteiger charge is 2.07. The second-order valence-electron chi connectivity index (χ2n) is 4.60. The van der Waals surface area contributed by atoms with E-state index >= 15 is 0 Å². The van der Waals surface area contributed by atoms with Crippen molar-refractivity contribution in [2.45, 2.75) is 6.92 Å². The summed E-state index contributed by atoms with van der Waals surface area (Å²) in [7, 11) is 0. The minimum absolute atomic E-state index is 0.216. The number of carboxylic acid groups (broad SMARTS) is 2. The van der Waals surface area contributed by atoms with Gasteiger partial charge in [0, 0.05) is 5.57 Å². The zero-order valence-electron chi connectivity index (χ0n) is 11.4. The van der Waals surface area contributed by atoms with Crippen LogP contribution >= 0.6 is 0 Å². The normalized spacial score (nSPS) is 11.2. The molecule has 0 aliphatic rings. The van der Waals surface area contributed by atoms with Crippen LogP contribution in [0.15, 0.2) is 54.1 Å². The summed E-state index contributed by atoms with van der Waals surface area (Å²) in [6.45, 7) is 1.53. The van der Waals surface area contributed by atoms with Crippen LogP contribution in [0.2, 0.25) is 0 Å². The van der Waals surface area contributed by atoms with Crippen LogP contribution in [0.3, 0.4) is 0 Å². The Labute approximate surface area is 122 Å². The van der Waals surface area contributed by atoms with Crippen molar-refractivity contribution >= 4 is 18.0 Å². The van der Waals surface area contributed by atoms with E-state index < -0.39 is 11.9 Å². The van der Waals surface area contributed by atoms with Gasteiger partial charge in [-0.1, -0.05) is 36.4 Å². The van der Waals surface area contributed by atoms with E-state index in [1.165, 1.54) is 19.1 Å². The van der Waals surface area contributed by atoms with Crippen molar-refractivity contribution in [3.8, 4) is 11.1 Å². The molecule has 21 heavy (non-hydrogen) atoms. The van der Waals surface area contributed by atoms with Crippen LogP contribution in [0.4, 0.5) is 0 Å². The number of rotatable bonds is 4. The molecule has 0 aromatic heterocycles. The lowest BCUT2D eigenvalue weighted by Crippen LogP contribution is -1.97. The van der Waals surface area contributed by atoms with Crippen molar-refractivity contribution < 1.29 is 19.8 Å². The zero-order chi connectivity index (χ0) is 15.4. The van der Waals surface area contributed by atoms with Gasteiger partial charge in [0.05, 0.1) is 5.56 Å². The third-order valence-corrected chi connectivity index (χ3v) is 3.11. The number of hydrogen-bond donors (Lipinski definition) is 2. The molecule has 0 spiro atoms. The first kappa shape index (κ1) is 14.5. The van der Waals surface area contributed by atoms with Crippen molar-refractivity contribution in [3.05, 3.63) is 65.2 Å². The van der Waals surface area contributed by atoms with E-state index in [1.807, 2.05) is 24.3 Å². The standard InChI is InChI=1S/C17H14O4/c1-11(16(18)19)10-14-4-2-3-5-15(14)12-6-8-13(9-7-12)17(20)21/h2-10H,1H3,(H,18,19)(H,20,21)/b11-10+. The van der Waals surface area contributed by atoms with Gasteiger partial charge in [-0.05, 0) is 41.8 Å². The average Bonchev–Trinajstić information content (AvgIpc) is 2.47. The molecule has 0 atom stereocenters. The quantitative estimate of drug-likeness (QED) is 0.841. The Hall–Kier alpha value is -2.88. The van der Waals surface area contributed by atoms with Crippen LogP contribution < -0.4 is 0 Å². The molecule has 4 heteroatoms. The largest absolute Gasteiger partial charge is 0.478 e. The van der Waals surface area contributed by atoms with Gasteiger partial charge in [-0.2, -0.15) is 0 Å². The molecule has 2 rings (SSSR count). The topological polar surface area (TPSA) is 74.6 Å². The van der Waals surface area contributed by atoms with Crippen molar-refractivity contribution in [2.24, 2.45) is 0 Å². The molecule has 0 bridgehead atoms. The number of hydrogen-bond acceptors (Lipinski definition) is 2. The molecule has 0 fully saturated rings. The molecule has 2 aromatic rings. The Kier molecular flexibility index (Phi) is 4.18. The van der Waals surface area contributed by atoms with Gasteiger partial charge < -0.3 is 10.2 Å². The molecular formula is C17H14O4. The molecule has 106 valence electrons. The molecule has 0 saturated heterocycles. The minimum Gasteiger partial charge on any atom is -0.478 e. The van der Waals surface area contributed by atoms with Gasteiger partial charge in [-0.3, -0.25) is 0 Å². The van der Waals surface area contributed by atoms with Gasteiger partial charge in [0.15, 0.2) is 0 Å². The smallest absolute Gasteiger partial charge is 0.335 e. The van der Waals surface area contributed by atoms with Gasteiger partial charge in [0.1, 0.15) is 0 Å². The summed E-state index contributed by atoms with van der Waals surface area (Å²) in [4.78, 5) is 21.8. The van der Waals surface area contributed by atoms with E-state index in [-0.39, 0.29) is 11.1 Å².